The summed E-state index contributed by atoms with van der Waals surface area (Å²) < 4.78 is 16.4. The van der Waals surface area contributed by atoms with Crippen LogP contribution in [0.2, 0.25) is 0 Å². The predicted molar refractivity (Wildman–Crippen MR) is 117 cm³/mol. The van der Waals surface area contributed by atoms with Crippen molar-refractivity contribution in [1.29, 1.82) is 0 Å². The molecule has 5 nitrogen and oxygen atoms in total. The molecule has 0 bridgehead atoms. The van der Waals surface area contributed by atoms with Gasteiger partial charge in [0, 0.05) is 24.0 Å². The van der Waals surface area contributed by atoms with E-state index in [1.807, 2.05) is 48.5 Å². The third-order valence-electron chi connectivity index (χ3n) is 5.67. The first-order chi connectivity index (χ1) is 15.0. The lowest BCUT2D eigenvalue weighted by Crippen LogP contribution is -2.07. The van der Waals surface area contributed by atoms with Crippen molar-refractivity contribution >= 4 is 11.9 Å². The molecule has 2 aromatic carbocycles. The third-order valence-corrected chi connectivity index (χ3v) is 5.67. The second-order valence-electron chi connectivity index (χ2n) is 8.03. The number of esters is 2. The zero-order valence-corrected chi connectivity index (χ0v) is 17.5. The van der Waals surface area contributed by atoms with Gasteiger partial charge >= 0.3 is 11.9 Å². The summed E-state index contributed by atoms with van der Waals surface area (Å²) in [4.78, 5) is 22.8. The maximum atomic E-state index is 11.5. The van der Waals surface area contributed by atoms with E-state index in [0.717, 1.165) is 41.7 Å². The molecule has 2 aliphatic heterocycles. The van der Waals surface area contributed by atoms with Crippen molar-refractivity contribution in [2.24, 2.45) is 0 Å². The van der Waals surface area contributed by atoms with Crippen LogP contribution in [0, 0.1) is 0 Å². The number of benzene rings is 2. The number of carbonyl (C=O) groups excluding carboxylic acids is 2. The Hall–Kier alpha value is -3.34. The van der Waals surface area contributed by atoms with E-state index in [-0.39, 0.29) is 24.1 Å². The van der Waals surface area contributed by atoms with Gasteiger partial charge in [0.1, 0.15) is 18.0 Å². The van der Waals surface area contributed by atoms with Gasteiger partial charge in [0.15, 0.2) is 0 Å². The number of hydrogen-bond acceptors (Lipinski definition) is 5. The van der Waals surface area contributed by atoms with E-state index in [9.17, 15) is 9.59 Å². The molecule has 0 aliphatic carbocycles. The molecular formula is C26H26O5. The van der Waals surface area contributed by atoms with Crippen molar-refractivity contribution < 1.29 is 23.8 Å². The van der Waals surface area contributed by atoms with Gasteiger partial charge in [-0.3, -0.25) is 0 Å². The van der Waals surface area contributed by atoms with E-state index in [0.29, 0.717) is 30.6 Å². The number of cyclic esters (lactones) is 2. The zero-order chi connectivity index (χ0) is 21.8. The Kier molecular flexibility index (Phi) is 6.21. The lowest BCUT2D eigenvalue weighted by molar-refractivity contribution is -0.140. The van der Waals surface area contributed by atoms with E-state index in [2.05, 4.69) is 13.2 Å². The molecule has 31 heavy (non-hydrogen) atoms. The van der Waals surface area contributed by atoms with Gasteiger partial charge in [-0.1, -0.05) is 49.6 Å². The van der Waals surface area contributed by atoms with Gasteiger partial charge in [-0.25, -0.2) is 9.59 Å². The minimum Gasteiger partial charge on any atom is -0.494 e. The first kappa shape index (κ1) is 20.9. The highest BCUT2D eigenvalue weighted by Crippen LogP contribution is 2.33. The number of unbranched alkanes of at least 4 members (excludes halogenated alkanes) is 1. The summed E-state index contributed by atoms with van der Waals surface area (Å²) in [5.41, 5.74) is 4.26. The topological polar surface area (TPSA) is 61.8 Å². The SMILES string of the molecule is C=C1CC(CCCCOc2ccc(-c3ccc(C4CC(=C)C(=O)O4)cc3)cc2)OC1=O. The molecule has 2 unspecified atom stereocenters. The van der Waals surface area contributed by atoms with Crippen molar-refractivity contribution in [2.45, 2.75) is 44.3 Å². The highest BCUT2D eigenvalue weighted by molar-refractivity contribution is 5.90. The summed E-state index contributed by atoms with van der Waals surface area (Å²) in [5.74, 6) is 0.263. The molecule has 0 amide bonds. The third kappa shape index (κ3) is 5.05. The van der Waals surface area contributed by atoms with Crippen LogP contribution in [0.25, 0.3) is 11.1 Å². The van der Waals surface area contributed by atoms with Crippen molar-refractivity contribution in [2.75, 3.05) is 6.61 Å². The zero-order valence-electron chi connectivity index (χ0n) is 17.5. The highest BCUT2D eigenvalue weighted by Gasteiger charge is 2.28. The highest BCUT2D eigenvalue weighted by atomic mass is 16.6. The van der Waals surface area contributed by atoms with Crippen LogP contribution in [0.15, 0.2) is 72.8 Å². The second-order valence-corrected chi connectivity index (χ2v) is 8.03. The summed E-state index contributed by atoms with van der Waals surface area (Å²) in [6.07, 6.45) is 3.63. The fourth-order valence-corrected chi connectivity index (χ4v) is 3.84. The Labute approximate surface area is 182 Å². The van der Waals surface area contributed by atoms with Crippen LogP contribution < -0.4 is 4.74 Å². The van der Waals surface area contributed by atoms with E-state index in [4.69, 9.17) is 14.2 Å². The molecule has 0 spiro atoms. The predicted octanol–water partition coefficient (Wildman–Crippen LogP) is 5.32. The van der Waals surface area contributed by atoms with Crippen molar-refractivity contribution in [3.63, 3.8) is 0 Å². The lowest BCUT2D eigenvalue weighted by atomic mass is 10.00. The molecular weight excluding hydrogens is 392 g/mol. The van der Waals surface area contributed by atoms with Crippen LogP contribution in [0.3, 0.4) is 0 Å². The summed E-state index contributed by atoms with van der Waals surface area (Å²) in [6.45, 7) is 8.06. The molecule has 0 N–H and O–H groups in total. The van der Waals surface area contributed by atoms with Crippen LogP contribution in [0.1, 0.15) is 43.8 Å². The molecule has 2 aromatic rings. The number of rotatable bonds is 8. The monoisotopic (exact) mass is 418 g/mol. The summed E-state index contributed by atoms with van der Waals surface area (Å²) in [7, 11) is 0. The van der Waals surface area contributed by atoms with Crippen LogP contribution in [0.5, 0.6) is 5.75 Å². The summed E-state index contributed by atoms with van der Waals surface area (Å²) in [5, 5.41) is 0. The second kappa shape index (κ2) is 9.21. The maximum absolute atomic E-state index is 11.5. The van der Waals surface area contributed by atoms with E-state index >= 15 is 0 Å². The van der Waals surface area contributed by atoms with Gasteiger partial charge in [0.2, 0.25) is 0 Å². The van der Waals surface area contributed by atoms with Crippen molar-refractivity contribution in [3.8, 4) is 16.9 Å². The Balaban J connectivity index is 1.23. The Bertz CT molecular complexity index is 955. The van der Waals surface area contributed by atoms with Gasteiger partial charge in [-0.2, -0.15) is 0 Å². The molecule has 0 radical (unpaired) electrons. The molecule has 2 fully saturated rings. The molecule has 2 atom stereocenters. The standard InChI is InChI=1S/C26H26O5/c1-17-15-23(30-25(17)27)5-3-4-14-29-22-12-10-20(11-13-22)19-6-8-21(9-7-19)24-16-18(2)26(28)31-24/h6-13,23-24H,1-5,14-16H2. The molecule has 4 rings (SSSR count). The van der Waals surface area contributed by atoms with E-state index in [1.165, 1.54) is 0 Å². The maximum Gasteiger partial charge on any atom is 0.334 e. The quantitative estimate of drug-likeness (QED) is 0.330. The number of carbonyl (C=O) groups is 2. The minimum absolute atomic E-state index is 0.0230. The minimum atomic E-state index is -0.308. The molecule has 5 heteroatoms. The smallest absolute Gasteiger partial charge is 0.334 e. The first-order valence-corrected chi connectivity index (χ1v) is 10.6. The Morgan fingerprint density at radius 1 is 0.806 bits per heavy atom. The van der Waals surface area contributed by atoms with E-state index in [1.54, 1.807) is 0 Å². The van der Waals surface area contributed by atoms with Gasteiger partial charge in [0.05, 0.1) is 6.61 Å². The van der Waals surface area contributed by atoms with Crippen molar-refractivity contribution in [3.05, 3.63) is 78.4 Å². The molecule has 2 aliphatic rings. The average Bonchev–Trinajstić information content (AvgIpc) is 3.28. The molecule has 0 saturated carbocycles. The normalized spacial score (nSPS) is 20.6. The summed E-state index contributed by atoms with van der Waals surface area (Å²) >= 11 is 0. The van der Waals surface area contributed by atoms with Crippen LogP contribution >= 0.6 is 0 Å². The average molecular weight is 418 g/mol. The Morgan fingerprint density at radius 2 is 1.42 bits per heavy atom. The van der Waals surface area contributed by atoms with E-state index < -0.39 is 0 Å². The van der Waals surface area contributed by atoms with Gasteiger partial charge in [0.25, 0.3) is 0 Å². The Morgan fingerprint density at radius 3 is 2.00 bits per heavy atom. The lowest BCUT2D eigenvalue weighted by Gasteiger charge is -2.11. The fraction of sp³-hybridized carbons (Fsp3) is 0.308. The van der Waals surface area contributed by atoms with Crippen LogP contribution in [-0.2, 0) is 19.1 Å². The van der Waals surface area contributed by atoms with Gasteiger partial charge < -0.3 is 14.2 Å². The largest absolute Gasteiger partial charge is 0.494 e. The molecule has 2 heterocycles. The number of ether oxygens (including phenoxy) is 3. The van der Waals surface area contributed by atoms with Crippen molar-refractivity contribution in [1.82, 2.24) is 0 Å². The van der Waals surface area contributed by atoms with Gasteiger partial charge in [-0.05, 0) is 48.1 Å². The fourth-order valence-electron chi connectivity index (χ4n) is 3.84. The molecule has 2 saturated heterocycles. The first-order valence-electron chi connectivity index (χ1n) is 10.6. The molecule has 160 valence electrons. The van der Waals surface area contributed by atoms with Crippen LogP contribution in [0.4, 0.5) is 0 Å². The van der Waals surface area contributed by atoms with Crippen LogP contribution in [-0.4, -0.2) is 24.6 Å². The summed E-state index contributed by atoms with van der Waals surface area (Å²) in [6, 6.07) is 16.1. The van der Waals surface area contributed by atoms with Gasteiger partial charge in [-0.15, -0.1) is 0 Å². The molecule has 0 aromatic heterocycles. The number of hydrogen-bond donors (Lipinski definition) is 0.